The average molecular weight is 370 g/mol. The number of carbonyl (C=O) groups excluding carboxylic acids is 1. The number of anilines is 2. The van der Waals surface area contributed by atoms with E-state index in [1.165, 1.54) is 24.3 Å². The average Bonchev–Trinajstić information content (AvgIpc) is 2.60. The molecule has 2 aromatic rings. The van der Waals surface area contributed by atoms with Crippen LogP contribution in [0.4, 0.5) is 17.1 Å². The van der Waals surface area contributed by atoms with Crippen molar-refractivity contribution >= 4 is 46.4 Å². The first-order chi connectivity index (χ1) is 12.3. The molecule has 0 saturated carbocycles. The quantitative estimate of drug-likeness (QED) is 0.364. The summed E-state index contributed by atoms with van der Waals surface area (Å²) in [7, 11) is 3.89. The third kappa shape index (κ3) is 5.67. The van der Waals surface area contributed by atoms with Crippen molar-refractivity contribution in [1.29, 1.82) is 0 Å². The van der Waals surface area contributed by atoms with Crippen molar-refractivity contribution in [3.8, 4) is 0 Å². The Balaban J connectivity index is 1.91. The van der Waals surface area contributed by atoms with Crippen LogP contribution in [0.15, 0.2) is 54.6 Å². The van der Waals surface area contributed by atoms with E-state index < -0.39 is 10.8 Å². The minimum Gasteiger partial charge on any atom is -0.378 e. The summed E-state index contributed by atoms with van der Waals surface area (Å²) in [5, 5.41) is 16.3. The zero-order chi connectivity index (χ0) is 19.1. The summed E-state index contributed by atoms with van der Waals surface area (Å²) in [5.74, 6) is -0.432. The van der Waals surface area contributed by atoms with Gasteiger partial charge in [0.1, 0.15) is 0 Å². The van der Waals surface area contributed by atoms with Gasteiger partial charge in [0.05, 0.1) is 4.92 Å². The summed E-state index contributed by atoms with van der Waals surface area (Å²) in [5.41, 5.74) is 2.31. The highest BCUT2D eigenvalue weighted by Gasteiger charge is 2.05. The molecule has 1 amide bonds. The second-order valence-electron chi connectivity index (χ2n) is 5.57. The van der Waals surface area contributed by atoms with Crippen LogP contribution in [-0.2, 0) is 4.79 Å². The fourth-order valence-electron chi connectivity index (χ4n) is 2.07. The number of nitrogens with zero attached hydrogens (tertiary/aromatic N) is 2. The lowest BCUT2D eigenvalue weighted by molar-refractivity contribution is -0.384. The minimum atomic E-state index is -0.488. The predicted octanol–water partition coefficient (Wildman–Crippen LogP) is 3.19. The molecule has 2 rings (SSSR count). The first-order valence-electron chi connectivity index (χ1n) is 7.67. The molecule has 0 aliphatic heterocycles. The van der Waals surface area contributed by atoms with E-state index in [1.54, 1.807) is 12.1 Å². The Bertz CT molecular complexity index is 848. The van der Waals surface area contributed by atoms with E-state index in [2.05, 4.69) is 10.6 Å². The van der Waals surface area contributed by atoms with E-state index in [0.717, 1.165) is 11.4 Å². The number of thiocarbonyl (C=S) groups is 1. The molecule has 0 atom stereocenters. The lowest BCUT2D eigenvalue weighted by Crippen LogP contribution is -2.32. The summed E-state index contributed by atoms with van der Waals surface area (Å²) in [4.78, 5) is 24.1. The molecule has 134 valence electrons. The summed E-state index contributed by atoms with van der Waals surface area (Å²) in [6.07, 6.45) is 2.75. The first kappa shape index (κ1) is 19.1. The van der Waals surface area contributed by atoms with Crippen molar-refractivity contribution in [2.75, 3.05) is 24.3 Å². The normalized spacial score (nSPS) is 10.4. The van der Waals surface area contributed by atoms with Gasteiger partial charge in [-0.05, 0) is 48.1 Å². The first-order valence-corrected chi connectivity index (χ1v) is 8.08. The number of rotatable bonds is 5. The van der Waals surface area contributed by atoms with Crippen molar-refractivity contribution in [2.24, 2.45) is 0 Å². The molecule has 26 heavy (non-hydrogen) atoms. The zero-order valence-electron chi connectivity index (χ0n) is 14.3. The van der Waals surface area contributed by atoms with Gasteiger partial charge in [-0.3, -0.25) is 20.2 Å². The van der Waals surface area contributed by atoms with Crippen LogP contribution in [0.3, 0.4) is 0 Å². The van der Waals surface area contributed by atoms with Gasteiger partial charge in [-0.25, -0.2) is 0 Å². The van der Waals surface area contributed by atoms with Crippen molar-refractivity contribution in [3.63, 3.8) is 0 Å². The Labute approximate surface area is 156 Å². The smallest absolute Gasteiger partial charge is 0.270 e. The molecule has 0 unspecified atom stereocenters. The molecule has 0 aliphatic carbocycles. The Morgan fingerprint density at radius 2 is 1.88 bits per heavy atom. The summed E-state index contributed by atoms with van der Waals surface area (Å²) in [6, 6.07) is 13.5. The van der Waals surface area contributed by atoms with Crippen molar-refractivity contribution < 1.29 is 9.72 Å². The monoisotopic (exact) mass is 370 g/mol. The van der Waals surface area contributed by atoms with Gasteiger partial charge in [-0.15, -0.1) is 0 Å². The summed E-state index contributed by atoms with van der Waals surface area (Å²) in [6.45, 7) is 0. The number of hydrogen-bond acceptors (Lipinski definition) is 5. The summed E-state index contributed by atoms with van der Waals surface area (Å²) >= 11 is 5.11. The van der Waals surface area contributed by atoms with Gasteiger partial charge < -0.3 is 10.2 Å². The lowest BCUT2D eigenvalue weighted by Gasteiger charge is -2.13. The van der Waals surface area contributed by atoms with Crippen LogP contribution in [0, 0.1) is 10.1 Å². The van der Waals surface area contributed by atoms with Crippen molar-refractivity contribution in [3.05, 3.63) is 70.3 Å². The number of non-ortho nitro benzene ring substituents is 1. The Morgan fingerprint density at radius 3 is 2.50 bits per heavy atom. The molecule has 0 aromatic heterocycles. The predicted molar refractivity (Wildman–Crippen MR) is 107 cm³/mol. The molecule has 0 bridgehead atoms. The Hall–Kier alpha value is -3.26. The maximum absolute atomic E-state index is 11.9. The second kappa shape index (κ2) is 8.72. The fraction of sp³-hybridized carbons (Fsp3) is 0.111. The van der Waals surface area contributed by atoms with Crippen LogP contribution in [-0.4, -0.2) is 30.0 Å². The molecule has 2 aromatic carbocycles. The number of nitro benzene ring substituents is 1. The van der Waals surface area contributed by atoms with E-state index in [0.29, 0.717) is 5.56 Å². The van der Waals surface area contributed by atoms with Gasteiger partial charge in [-0.2, -0.15) is 0 Å². The number of nitrogens with one attached hydrogen (secondary N) is 2. The molecular weight excluding hydrogens is 352 g/mol. The van der Waals surface area contributed by atoms with Crippen molar-refractivity contribution in [1.82, 2.24) is 5.32 Å². The third-order valence-corrected chi connectivity index (χ3v) is 3.59. The number of benzene rings is 2. The van der Waals surface area contributed by atoms with E-state index >= 15 is 0 Å². The number of hydrogen-bond donors (Lipinski definition) is 2. The van der Waals surface area contributed by atoms with E-state index in [1.807, 2.05) is 43.3 Å². The highest BCUT2D eigenvalue weighted by atomic mass is 32.1. The van der Waals surface area contributed by atoms with Gasteiger partial charge in [0.25, 0.3) is 5.69 Å². The molecule has 0 heterocycles. The molecule has 8 heteroatoms. The Morgan fingerprint density at radius 1 is 1.19 bits per heavy atom. The molecule has 0 aliphatic rings. The van der Waals surface area contributed by atoms with Crippen LogP contribution in [0.2, 0.25) is 0 Å². The van der Waals surface area contributed by atoms with Gasteiger partial charge in [0.2, 0.25) is 5.91 Å². The largest absolute Gasteiger partial charge is 0.378 e. The molecule has 0 fully saturated rings. The van der Waals surface area contributed by atoms with Crippen LogP contribution in [0.25, 0.3) is 6.08 Å². The maximum Gasteiger partial charge on any atom is 0.270 e. The van der Waals surface area contributed by atoms with Crippen LogP contribution in [0.5, 0.6) is 0 Å². The topological polar surface area (TPSA) is 87.5 Å². The molecule has 0 spiro atoms. The van der Waals surface area contributed by atoms with Gasteiger partial charge in [-0.1, -0.05) is 12.1 Å². The molecule has 0 radical (unpaired) electrons. The number of carbonyl (C=O) groups is 1. The molecule has 0 saturated heterocycles. The van der Waals surface area contributed by atoms with E-state index in [-0.39, 0.29) is 10.8 Å². The lowest BCUT2D eigenvalue weighted by atomic mass is 10.2. The molecule has 7 nitrogen and oxygen atoms in total. The van der Waals surface area contributed by atoms with Crippen LogP contribution >= 0.6 is 12.2 Å². The standard InChI is InChI=1S/C18H18N4O3S/c1-21(2)15-9-7-14(8-10-15)19-18(26)20-17(23)11-6-13-4-3-5-16(12-13)22(24)25/h3-12H,1-2H3,(H2,19,20,23,26)/b11-6+. The highest BCUT2D eigenvalue weighted by Crippen LogP contribution is 2.16. The number of nitro groups is 1. The second-order valence-corrected chi connectivity index (χ2v) is 5.98. The van der Waals surface area contributed by atoms with Crippen molar-refractivity contribution in [2.45, 2.75) is 0 Å². The van der Waals surface area contributed by atoms with E-state index in [9.17, 15) is 14.9 Å². The Kier molecular flexibility index (Phi) is 6.40. The molecular formula is C18H18N4O3S. The van der Waals surface area contributed by atoms with Crippen LogP contribution in [0.1, 0.15) is 5.56 Å². The summed E-state index contributed by atoms with van der Waals surface area (Å²) < 4.78 is 0. The van der Waals surface area contributed by atoms with Gasteiger partial charge in [0, 0.05) is 43.7 Å². The van der Waals surface area contributed by atoms with Gasteiger partial charge in [0.15, 0.2) is 5.11 Å². The minimum absolute atomic E-state index is 0.0362. The SMILES string of the molecule is CN(C)c1ccc(NC(=S)NC(=O)/C=C/c2cccc([N+](=O)[O-])c2)cc1. The van der Waals surface area contributed by atoms with E-state index in [4.69, 9.17) is 12.2 Å². The zero-order valence-corrected chi connectivity index (χ0v) is 15.1. The third-order valence-electron chi connectivity index (χ3n) is 3.39. The number of amides is 1. The van der Waals surface area contributed by atoms with Gasteiger partial charge >= 0.3 is 0 Å². The maximum atomic E-state index is 11.9. The fourth-order valence-corrected chi connectivity index (χ4v) is 2.29. The van der Waals surface area contributed by atoms with Crippen LogP contribution < -0.4 is 15.5 Å². The molecule has 2 N–H and O–H groups in total. The highest BCUT2D eigenvalue weighted by molar-refractivity contribution is 7.80.